The van der Waals surface area contributed by atoms with Gasteiger partial charge in [-0.05, 0) is 36.8 Å². The summed E-state index contributed by atoms with van der Waals surface area (Å²) in [6.07, 6.45) is 0. The second-order valence-corrected chi connectivity index (χ2v) is 7.85. The van der Waals surface area contributed by atoms with Crippen LogP contribution in [0.5, 0.6) is 5.75 Å². The number of amides is 2. The molecule has 1 aromatic heterocycles. The first-order valence-electron chi connectivity index (χ1n) is 10.6. The standard InChI is InChI=1S/C24H28N4O3/c1-18-5-4-7-20(15-18)31-14-9-25-23(29)17-27-10-12-28(13-11-27)24(30)22-16-19-6-2-3-8-21(19)26-22/h2-8,15-16,26H,9-14,17H2,1H3,(H,25,29). The topological polar surface area (TPSA) is 77.7 Å². The number of rotatable bonds is 7. The molecule has 2 amide bonds. The van der Waals surface area contributed by atoms with E-state index in [0.29, 0.717) is 51.6 Å². The van der Waals surface area contributed by atoms with E-state index in [2.05, 4.69) is 15.2 Å². The van der Waals surface area contributed by atoms with Crippen LogP contribution in [0.25, 0.3) is 10.9 Å². The quantitative estimate of drug-likeness (QED) is 0.576. The van der Waals surface area contributed by atoms with Crippen molar-refractivity contribution >= 4 is 22.7 Å². The monoisotopic (exact) mass is 420 g/mol. The smallest absolute Gasteiger partial charge is 0.270 e. The molecule has 1 aliphatic heterocycles. The van der Waals surface area contributed by atoms with Gasteiger partial charge < -0.3 is 19.9 Å². The van der Waals surface area contributed by atoms with Gasteiger partial charge in [0.1, 0.15) is 18.1 Å². The van der Waals surface area contributed by atoms with E-state index >= 15 is 0 Å². The number of para-hydroxylation sites is 1. The molecule has 4 rings (SSSR count). The molecular weight excluding hydrogens is 392 g/mol. The summed E-state index contributed by atoms with van der Waals surface area (Å²) in [6, 6.07) is 17.6. The van der Waals surface area contributed by atoms with Crippen molar-refractivity contribution in [1.29, 1.82) is 0 Å². The number of aromatic amines is 1. The summed E-state index contributed by atoms with van der Waals surface area (Å²) in [7, 11) is 0. The molecule has 0 spiro atoms. The Morgan fingerprint density at radius 2 is 1.84 bits per heavy atom. The average molecular weight is 421 g/mol. The second kappa shape index (κ2) is 9.66. The van der Waals surface area contributed by atoms with Gasteiger partial charge in [0, 0.05) is 37.1 Å². The van der Waals surface area contributed by atoms with Crippen LogP contribution in [0, 0.1) is 6.92 Å². The van der Waals surface area contributed by atoms with Gasteiger partial charge in [0.05, 0.1) is 13.1 Å². The van der Waals surface area contributed by atoms with Crippen LogP contribution in [0.4, 0.5) is 0 Å². The van der Waals surface area contributed by atoms with Crippen molar-refractivity contribution in [2.24, 2.45) is 0 Å². The fourth-order valence-electron chi connectivity index (χ4n) is 3.79. The summed E-state index contributed by atoms with van der Waals surface area (Å²) in [5, 5.41) is 3.93. The summed E-state index contributed by atoms with van der Waals surface area (Å²) in [4.78, 5) is 32.1. The summed E-state index contributed by atoms with van der Waals surface area (Å²) < 4.78 is 5.66. The third-order valence-electron chi connectivity index (χ3n) is 5.47. The zero-order valence-electron chi connectivity index (χ0n) is 17.8. The molecule has 0 aliphatic carbocycles. The van der Waals surface area contributed by atoms with Crippen LogP contribution in [-0.4, -0.2) is 72.5 Å². The fourth-order valence-corrected chi connectivity index (χ4v) is 3.79. The van der Waals surface area contributed by atoms with E-state index in [1.807, 2.05) is 66.4 Å². The molecule has 0 saturated carbocycles. The number of carbonyl (C=O) groups is 2. The minimum Gasteiger partial charge on any atom is -0.492 e. The van der Waals surface area contributed by atoms with E-state index in [0.717, 1.165) is 22.2 Å². The van der Waals surface area contributed by atoms with Crippen molar-refractivity contribution in [1.82, 2.24) is 20.1 Å². The molecule has 0 unspecified atom stereocenters. The molecule has 31 heavy (non-hydrogen) atoms. The zero-order chi connectivity index (χ0) is 21.6. The third-order valence-corrected chi connectivity index (χ3v) is 5.47. The Kier molecular flexibility index (Phi) is 6.52. The highest BCUT2D eigenvalue weighted by molar-refractivity contribution is 5.98. The Hall–Kier alpha value is -3.32. The number of aromatic nitrogens is 1. The van der Waals surface area contributed by atoms with Crippen LogP contribution in [0.2, 0.25) is 0 Å². The molecule has 0 radical (unpaired) electrons. The first-order valence-corrected chi connectivity index (χ1v) is 10.6. The molecule has 7 heteroatoms. The van der Waals surface area contributed by atoms with Gasteiger partial charge in [0.25, 0.3) is 5.91 Å². The first-order chi connectivity index (χ1) is 15.1. The number of hydrogen-bond donors (Lipinski definition) is 2. The lowest BCUT2D eigenvalue weighted by Crippen LogP contribution is -2.51. The highest BCUT2D eigenvalue weighted by Gasteiger charge is 2.24. The number of H-pyrrole nitrogens is 1. The SMILES string of the molecule is Cc1cccc(OCCNC(=O)CN2CCN(C(=O)c3cc4ccccc4[nH]3)CC2)c1. The highest BCUT2D eigenvalue weighted by Crippen LogP contribution is 2.17. The van der Waals surface area contributed by atoms with E-state index in [4.69, 9.17) is 4.74 Å². The van der Waals surface area contributed by atoms with Crippen LogP contribution in [0.3, 0.4) is 0 Å². The van der Waals surface area contributed by atoms with E-state index in [1.165, 1.54) is 0 Å². The predicted octanol–water partition coefficient (Wildman–Crippen LogP) is 2.43. The molecule has 2 N–H and O–H groups in total. The highest BCUT2D eigenvalue weighted by atomic mass is 16.5. The Morgan fingerprint density at radius 1 is 1.03 bits per heavy atom. The summed E-state index contributed by atoms with van der Waals surface area (Å²) >= 11 is 0. The van der Waals surface area contributed by atoms with E-state index in [9.17, 15) is 9.59 Å². The van der Waals surface area contributed by atoms with Crippen LogP contribution in [-0.2, 0) is 4.79 Å². The number of nitrogens with zero attached hydrogens (tertiary/aromatic N) is 2. The van der Waals surface area contributed by atoms with Crippen LogP contribution in [0.1, 0.15) is 16.1 Å². The Bertz CT molecular complexity index is 1020. The molecule has 2 aromatic carbocycles. The maximum atomic E-state index is 12.8. The molecule has 1 saturated heterocycles. The van der Waals surface area contributed by atoms with E-state index < -0.39 is 0 Å². The molecule has 0 atom stereocenters. The van der Waals surface area contributed by atoms with Crippen LogP contribution >= 0.6 is 0 Å². The number of ether oxygens (including phenoxy) is 1. The lowest BCUT2D eigenvalue weighted by atomic mass is 10.2. The number of aryl methyl sites for hydroxylation is 1. The van der Waals surface area contributed by atoms with Gasteiger partial charge in [-0.3, -0.25) is 14.5 Å². The molecule has 1 aliphatic rings. The molecule has 3 aromatic rings. The van der Waals surface area contributed by atoms with Gasteiger partial charge in [0.2, 0.25) is 5.91 Å². The summed E-state index contributed by atoms with van der Waals surface area (Å²) in [5.41, 5.74) is 2.72. The Morgan fingerprint density at radius 3 is 2.61 bits per heavy atom. The molecule has 2 heterocycles. The average Bonchev–Trinajstić information content (AvgIpc) is 3.21. The Labute approximate surface area is 182 Å². The fraction of sp³-hybridized carbons (Fsp3) is 0.333. The van der Waals surface area contributed by atoms with Crippen molar-refractivity contribution in [3.05, 3.63) is 65.9 Å². The Balaban J connectivity index is 1.17. The van der Waals surface area contributed by atoms with Crippen molar-refractivity contribution in [2.75, 3.05) is 45.9 Å². The van der Waals surface area contributed by atoms with Crippen molar-refractivity contribution in [3.8, 4) is 5.75 Å². The van der Waals surface area contributed by atoms with Crippen LogP contribution in [0.15, 0.2) is 54.6 Å². The maximum absolute atomic E-state index is 12.8. The number of benzene rings is 2. The number of nitrogens with one attached hydrogen (secondary N) is 2. The number of hydrogen-bond acceptors (Lipinski definition) is 4. The molecule has 162 valence electrons. The van der Waals surface area contributed by atoms with Gasteiger partial charge in [-0.25, -0.2) is 0 Å². The number of carbonyl (C=O) groups excluding carboxylic acids is 2. The number of fused-ring (bicyclic) bond motifs is 1. The molecular formula is C24H28N4O3. The van der Waals surface area contributed by atoms with Gasteiger partial charge >= 0.3 is 0 Å². The van der Waals surface area contributed by atoms with Gasteiger partial charge in [-0.15, -0.1) is 0 Å². The molecule has 0 bridgehead atoms. The maximum Gasteiger partial charge on any atom is 0.270 e. The normalized spacial score (nSPS) is 14.5. The summed E-state index contributed by atoms with van der Waals surface area (Å²) in [5.74, 6) is 0.793. The van der Waals surface area contributed by atoms with Gasteiger partial charge in [-0.1, -0.05) is 30.3 Å². The number of piperazine rings is 1. The van der Waals surface area contributed by atoms with Gasteiger partial charge in [0.15, 0.2) is 0 Å². The van der Waals surface area contributed by atoms with Crippen molar-refractivity contribution in [2.45, 2.75) is 6.92 Å². The van der Waals surface area contributed by atoms with E-state index in [1.54, 1.807) is 0 Å². The summed E-state index contributed by atoms with van der Waals surface area (Å²) in [6.45, 7) is 5.82. The largest absolute Gasteiger partial charge is 0.492 e. The van der Waals surface area contributed by atoms with Gasteiger partial charge in [-0.2, -0.15) is 0 Å². The minimum atomic E-state index is -0.0248. The first kappa shape index (κ1) is 20.9. The predicted molar refractivity (Wildman–Crippen MR) is 120 cm³/mol. The van der Waals surface area contributed by atoms with Crippen molar-refractivity contribution < 1.29 is 14.3 Å². The molecule has 1 fully saturated rings. The lowest BCUT2D eigenvalue weighted by molar-refractivity contribution is -0.122. The van der Waals surface area contributed by atoms with Crippen molar-refractivity contribution in [3.63, 3.8) is 0 Å². The second-order valence-electron chi connectivity index (χ2n) is 7.85. The third kappa shape index (κ3) is 5.44. The minimum absolute atomic E-state index is 0.00796. The zero-order valence-corrected chi connectivity index (χ0v) is 17.8. The lowest BCUT2D eigenvalue weighted by Gasteiger charge is -2.34. The van der Waals surface area contributed by atoms with E-state index in [-0.39, 0.29) is 11.8 Å². The molecule has 7 nitrogen and oxygen atoms in total. The van der Waals surface area contributed by atoms with Crippen LogP contribution < -0.4 is 10.1 Å².